The predicted molar refractivity (Wildman–Crippen MR) is 70.6 cm³/mol. The highest BCUT2D eigenvalue weighted by Crippen LogP contribution is 2.25. The Balaban J connectivity index is 2.25. The molecule has 2 aromatic carbocycles. The van der Waals surface area contributed by atoms with Crippen LogP contribution >= 0.6 is 11.6 Å². The number of hydrogen-bond acceptors (Lipinski definition) is 1. The van der Waals surface area contributed by atoms with Crippen molar-refractivity contribution in [3.05, 3.63) is 64.7 Å². The van der Waals surface area contributed by atoms with Crippen LogP contribution in [0.15, 0.2) is 48.5 Å². The van der Waals surface area contributed by atoms with Crippen molar-refractivity contribution >= 4 is 23.2 Å². The van der Waals surface area contributed by atoms with Gasteiger partial charge in [0.25, 0.3) is 5.91 Å². The first-order valence-corrected chi connectivity index (χ1v) is 5.68. The molecule has 0 radical (unpaired) electrons. The SMILES string of the molecule is Cc1cccc(Cl)c1NC(=O)c1ccccc1. The molecule has 0 heterocycles. The summed E-state index contributed by atoms with van der Waals surface area (Å²) in [5, 5.41) is 3.37. The normalized spacial score (nSPS) is 10.0. The van der Waals surface area contributed by atoms with Crippen LogP contribution in [0.4, 0.5) is 5.69 Å². The van der Waals surface area contributed by atoms with E-state index in [-0.39, 0.29) is 5.91 Å². The Bertz CT molecular complexity index is 517. The summed E-state index contributed by atoms with van der Waals surface area (Å²) in [5.74, 6) is -0.151. The van der Waals surface area contributed by atoms with Crippen LogP contribution in [-0.4, -0.2) is 5.91 Å². The molecule has 17 heavy (non-hydrogen) atoms. The van der Waals surface area contributed by atoms with E-state index in [9.17, 15) is 4.79 Å². The van der Waals surface area contributed by atoms with E-state index in [1.54, 1.807) is 18.2 Å². The maximum Gasteiger partial charge on any atom is 0.255 e. The molecular weight excluding hydrogens is 234 g/mol. The number of para-hydroxylation sites is 1. The number of carbonyl (C=O) groups is 1. The summed E-state index contributed by atoms with van der Waals surface area (Å²) in [4.78, 5) is 11.9. The van der Waals surface area contributed by atoms with Crippen molar-refractivity contribution in [1.29, 1.82) is 0 Å². The topological polar surface area (TPSA) is 29.1 Å². The van der Waals surface area contributed by atoms with Crippen LogP contribution in [0.2, 0.25) is 5.02 Å². The van der Waals surface area contributed by atoms with E-state index < -0.39 is 0 Å². The molecule has 2 nitrogen and oxygen atoms in total. The maximum absolute atomic E-state index is 11.9. The second kappa shape index (κ2) is 5.02. The number of amides is 1. The van der Waals surface area contributed by atoms with Crippen LogP contribution < -0.4 is 5.32 Å². The van der Waals surface area contributed by atoms with E-state index in [1.807, 2.05) is 37.3 Å². The zero-order valence-corrected chi connectivity index (χ0v) is 10.2. The first kappa shape index (κ1) is 11.7. The molecule has 3 heteroatoms. The van der Waals surface area contributed by atoms with Gasteiger partial charge in [0.2, 0.25) is 0 Å². The number of benzene rings is 2. The van der Waals surface area contributed by atoms with E-state index >= 15 is 0 Å². The molecule has 0 aromatic heterocycles. The van der Waals surface area contributed by atoms with Crippen LogP contribution in [0.3, 0.4) is 0 Å². The van der Waals surface area contributed by atoms with Crippen molar-refractivity contribution in [2.45, 2.75) is 6.92 Å². The van der Waals surface area contributed by atoms with E-state index in [1.165, 1.54) is 0 Å². The Hall–Kier alpha value is -1.80. The standard InChI is InChI=1S/C14H12ClNO/c1-10-6-5-9-12(15)13(10)16-14(17)11-7-3-2-4-8-11/h2-9H,1H3,(H,16,17). The van der Waals surface area contributed by atoms with Gasteiger partial charge in [0.05, 0.1) is 10.7 Å². The van der Waals surface area contributed by atoms with Crippen molar-refractivity contribution in [2.24, 2.45) is 0 Å². The monoisotopic (exact) mass is 245 g/mol. The zero-order chi connectivity index (χ0) is 12.3. The molecule has 0 unspecified atom stereocenters. The number of anilines is 1. The quantitative estimate of drug-likeness (QED) is 0.854. The van der Waals surface area contributed by atoms with Crippen LogP contribution in [0.25, 0.3) is 0 Å². The molecule has 2 aromatic rings. The Morgan fingerprint density at radius 3 is 2.41 bits per heavy atom. The molecule has 1 amide bonds. The van der Waals surface area contributed by atoms with Gasteiger partial charge in [0.15, 0.2) is 0 Å². The minimum atomic E-state index is -0.151. The fourth-order valence-electron chi connectivity index (χ4n) is 1.57. The Morgan fingerprint density at radius 2 is 1.76 bits per heavy atom. The molecule has 0 aliphatic rings. The number of carbonyl (C=O) groups excluding carboxylic acids is 1. The summed E-state index contributed by atoms with van der Waals surface area (Å²) in [6.45, 7) is 1.91. The third-order valence-electron chi connectivity index (χ3n) is 2.50. The van der Waals surface area contributed by atoms with E-state index in [0.29, 0.717) is 16.3 Å². The van der Waals surface area contributed by atoms with Crippen molar-refractivity contribution in [3.63, 3.8) is 0 Å². The van der Waals surface area contributed by atoms with E-state index in [0.717, 1.165) is 5.56 Å². The molecule has 0 saturated heterocycles. The highest BCUT2D eigenvalue weighted by atomic mass is 35.5. The second-order valence-electron chi connectivity index (χ2n) is 3.75. The molecule has 0 saturated carbocycles. The van der Waals surface area contributed by atoms with Gasteiger partial charge in [-0.15, -0.1) is 0 Å². The van der Waals surface area contributed by atoms with Gasteiger partial charge in [-0.3, -0.25) is 4.79 Å². The lowest BCUT2D eigenvalue weighted by Crippen LogP contribution is -2.12. The molecule has 0 aliphatic carbocycles. The van der Waals surface area contributed by atoms with Gasteiger partial charge in [0, 0.05) is 5.56 Å². The average Bonchev–Trinajstić information content (AvgIpc) is 2.35. The summed E-state index contributed by atoms with van der Waals surface area (Å²) >= 11 is 6.05. The van der Waals surface area contributed by atoms with Crippen molar-refractivity contribution < 1.29 is 4.79 Å². The van der Waals surface area contributed by atoms with Gasteiger partial charge >= 0.3 is 0 Å². The first-order chi connectivity index (χ1) is 8.18. The zero-order valence-electron chi connectivity index (χ0n) is 9.41. The minimum absolute atomic E-state index is 0.151. The van der Waals surface area contributed by atoms with Crippen molar-refractivity contribution in [1.82, 2.24) is 0 Å². The third kappa shape index (κ3) is 2.66. The Labute approximate surface area is 105 Å². The largest absolute Gasteiger partial charge is 0.320 e. The van der Waals surface area contributed by atoms with Crippen LogP contribution in [0.1, 0.15) is 15.9 Å². The molecule has 0 spiro atoms. The molecular formula is C14H12ClNO. The third-order valence-corrected chi connectivity index (χ3v) is 2.81. The molecule has 2 rings (SSSR count). The predicted octanol–water partition coefficient (Wildman–Crippen LogP) is 3.90. The van der Waals surface area contributed by atoms with Crippen LogP contribution in [-0.2, 0) is 0 Å². The van der Waals surface area contributed by atoms with Gasteiger partial charge in [-0.1, -0.05) is 41.9 Å². The highest BCUT2D eigenvalue weighted by molar-refractivity contribution is 6.34. The molecule has 0 fully saturated rings. The molecule has 0 bridgehead atoms. The Morgan fingerprint density at radius 1 is 1.06 bits per heavy atom. The average molecular weight is 246 g/mol. The number of hydrogen-bond donors (Lipinski definition) is 1. The number of halogens is 1. The lowest BCUT2D eigenvalue weighted by atomic mass is 10.1. The summed E-state index contributed by atoms with van der Waals surface area (Å²) < 4.78 is 0. The van der Waals surface area contributed by atoms with Gasteiger partial charge in [0.1, 0.15) is 0 Å². The van der Waals surface area contributed by atoms with Crippen molar-refractivity contribution in [2.75, 3.05) is 5.32 Å². The lowest BCUT2D eigenvalue weighted by Gasteiger charge is -2.10. The van der Waals surface area contributed by atoms with Gasteiger partial charge < -0.3 is 5.32 Å². The van der Waals surface area contributed by atoms with Gasteiger partial charge in [-0.2, -0.15) is 0 Å². The van der Waals surface area contributed by atoms with Gasteiger partial charge in [-0.05, 0) is 30.7 Å². The fraction of sp³-hybridized carbons (Fsp3) is 0.0714. The highest BCUT2D eigenvalue weighted by Gasteiger charge is 2.09. The fourth-order valence-corrected chi connectivity index (χ4v) is 1.83. The van der Waals surface area contributed by atoms with Crippen molar-refractivity contribution in [3.8, 4) is 0 Å². The molecule has 1 N–H and O–H groups in total. The Kier molecular flexibility index (Phi) is 3.45. The van der Waals surface area contributed by atoms with Crippen LogP contribution in [0, 0.1) is 6.92 Å². The smallest absolute Gasteiger partial charge is 0.255 e. The first-order valence-electron chi connectivity index (χ1n) is 5.30. The summed E-state index contributed by atoms with van der Waals surface area (Å²) in [6, 6.07) is 14.6. The summed E-state index contributed by atoms with van der Waals surface area (Å²) in [5.41, 5.74) is 2.23. The second-order valence-corrected chi connectivity index (χ2v) is 4.16. The number of aryl methyl sites for hydroxylation is 1. The number of nitrogens with one attached hydrogen (secondary N) is 1. The summed E-state index contributed by atoms with van der Waals surface area (Å²) in [6.07, 6.45) is 0. The number of rotatable bonds is 2. The molecule has 0 atom stereocenters. The minimum Gasteiger partial charge on any atom is -0.320 e. The van der Waals surface area contributed by atoms with Crippen LogP contribution in [0.5, 0.6) is 0 Å². The lowest BCUT2D eigenvalue weighted by molar-refractivity contribution is 0.102. The molecule has 86 valence electrons. The van der Waals surface area contributed by atoms with E-state index in [2.05, 4.69) is 5.32 Å². The molecule has 0 aliphatic heterocycles. The van der Waals surface area contributed by atoms with E-state index in [4.69, 9.17) is 11.6 Å². The maximum atomic E-state index is 11.9. The van der Waals surface area contributed by atoms with Gasteiger partial charge in [-0.25, -0.2) is 0 Å². The summed E-state index contributed by atoms with van der Waals surface area (Å²) in [7, 11) is 0.